The Morgan fingerprint density at radius 1 is 0.344 bits per heavy atom. The maximum absolute atomic E-state index is 12.9. The van der Waals surface area contributed by atoms with E-state index in [9.17, 15) is 19.0 Å². The lowest BCUT2D eigenvalue weighted by Crippen LogP contribution is -2.37. The van der Waals surface area contributed by atoms with E-state index in [1.54, 1.807) is 0 Å². The molecule has 0 spiro atoms. The number of nitrogens with zero attached hydrogens (tertiary/aromatic N) is 1. The van der Waals surface area contributed by atoms with Gasteiger partial charge in [-0.2, -0.15) is 0 Å². The van der Waals surface area contributed by atoms with Crippen molar-refractivity contribution in [3.05, 3.63) is 170 Å². The highest BCUT2D eigenvalue weighted by atomic mass is 31.2. The Labute approximate surface area is 553 Å². The predicted molar refractivity (Wildman–Crippen MR) is 389 cm³/mol. The molecular formula is C80H133NO8P+. The zero-order valence-electron chi connectivity index (χ0n) is 58.1. The molecule has 2 atom stereocenters. The number of carbonyl (C=O) groups is 2. The molecule has 10 heteroatoms. The van der Waals surface area contributed by atoms with Crippen molar-refractivity contribution >= 4 is 19.8 Å². The normalized spacial score (nSPS) is 14.2. The maximum Gasteiger partial charge on any atom is 0.472 e. The van der Waals surface area contributed by atoms with Crippen LogP contribution in [0.15, 0.2) is 170 Å². The fourth-order valence-corrected chi connectivity index (χ4v) is 10.1. The molecule has 0 rings (SSSR count). The molecule has 0 aromatic rings. The Balaban J connectivity index is 4.13. The van der Waals surface area contributed by atoms with Crippen molar-refractivity contribution in [3.63, 3.8) is 0 Å². The predicted octanol–water partition coefficient (Wildman–Crippen LogP) is 23.7. The summed E-state index contributed by atoms with van der Waals surface area (Å²) in [7, 11) is 1.45. The molecule has 0 bridgehead atoms. The van der Waals surface area contributed by atoms with Gasteiger partial charge in [-0.3, -0.25) is 18.6 Å². The maximum atomic E-state index is 12.9. The van der Waals surface area contributed by atoms with Crippen molar-refractivity contribution in [2.45, 2.75) is 277 Å². The minimum Gasteiger partial charge on any atom is -0.462 e. The Kier molecular flexibility index (Phi) is 65.2. The number of carbonyl (C=O) groups excluding carboxylic acids is 2. The standard InChI is InChI=1S/C80H132NO8P/c1-6-8-10-12-14-16-18-20-22-24-26-28-30-32-34-36-38-39-40-41-43-45-47-49-51-53-55-57-59-61-63-65-67-69-71-73-80(83)89-78(77-88-90(84,85)87-75-74-81(3,4)5)76-86-79(82)72-70-68-66-64-62-60-58-56-54-52-50-48-46-44-42-37-35-33-31-29-27-25-23-21-19-17-15-13-11-9-7-2/h8-11,14-17,20-23,26-29,32-35,38-39,41,43,47,49,53,55,78H,6-7,12-13,18-19,24-25,30-31,36-37,40,42,44-46,48,50-52,54,56-77H2,1-5H3/p+1/b10-8-,11-9-,16-14-,17-15-,22-20-,23-21-,28-26-,29-27-,34-32-,35-33-,39-38-,43-41-,49-47-,55-53-. The number of quaternary nitrogens is 1. The zero-order valence-corrected chi connectivity index (χ0v) is 58.9. The first kappa shape index (κ1) is 85.4. The number of ether oxygens (including phenoxy) is 2. The number of phosphoric acid groups is 1. The number of esters is 2. The molecule has 0 fully saturated rings. The number of rotatable bonds is 64. The highest BCUT2D eigenvalue weighted by molar-refractivity contribution is 7.47. The molecule has 0 amide bonds. The molecular weight excluding hydrogens is 1130 g/mol. The van der Waals surface area contributed by atoms with Gasteiger partial charge in [0, 0.05) is 12.8 Å². The number of phosphoric ester groups is 1. The lowest BCUT2D eigenvalue weighted by atomic mass is 10.0. The van der Waals surface area contributed by atoms with Crippen molar-refractivity contribution in [2.24, 2.45) is 0 Å². The molecule has 90 heavy (non-hydrogen) atoms. The van der Waals surface area contributed by atoms with Gasteiger partial charge in [-0.15, -0.1) is 0 Å². The van der Waals surface area contributed by atoms with Gasteiger partial charge in [0.2, 0.25) is 0 Å². The quantitative estimate of drug-likeness (QED) is 0.0211. The minimum absolute atomic E-state index is 0.0212. The van der Waals surface area contributed by atoms with E-state index in [2.05, 4.69) is 184 Å². The average Bonchev–Trinajstić information content (AvgIpc) is 3.61. The Morgan fingerprint density at radius 2 is 0.600 bits per heavy atom. The number of allylic oxidation sites excluding steroid dienone is 28. The van der Waals surface area contributed by atoms with Gasteiger partial charge in [0.05, 0.1) is 27.7 Å². The summed E-state index contributed by atoms with van der Waals surface area (Å²) in [4.78, 5) is 35.9. The topological polar surface area (TPSA) is 108 Å². The number of hydrogen-bond acceptors (Lipinski definition) is 7. The average molecular weight is 1270 g/mol. The van der Waals surface area contributed by atoms with Crippen LogP contribution in [0.3, 0.4) is 0 Å². The van der Waals surface area contributed by atoms with Crippen LogP contribution >= 0.6 is 7.82 Å². The van der Waals surface area contributed by atoms with Crippen LogP contribution in [0.5, 0.6) is 0 Å². The molecule has 0 aromatic carbocycles. The second-order valence-electron chi connectivity index (χ2n) is 24.5. The van der Waals surface area contributed by atoms with Gasteiger partial charge in [0.15, 0.2) is 6.10 Å². The first-order valence-corrected chi connectivity index (χ1v) is 37.4. The van der Waals surface area contributed by atoms with E-state index in [1.807, 2.05) is 21.1 Å². The summed E-state index contributed by atoms with van der Waals surface area (Å²) in [6.07, 6.45) is 105. The smallest absolute Gasteiger partial charge is 0.462 e. The van der Waals surface area contributed by atoms with Crippen molar-refractivity contribution in [1.29, 1.82) is 0 Å². The summed E-state index contributed by atoms with van der Waals surface area (Å²) in [5.41, 5.74) is 0. The Bertz CT molecular complexity index is 2130. The zero-order chi connectivity index (χ0) is 65.5. The van der Waals surface area contributed by atoms with Crippen molar-refractivity contribution in [2.75, 3.05) is 47.5 Å². The largest absolute Gasteiger partial charge is 0.472 e. The number of unbranched alkanes of at least 4 members (excludes halogenated alkanes) is 22. The molecule has 0 aliphatic heterocycles. The highest BCUT2D eigenvalue weighted by Crippen LogP contribution is 2.43. The van der Waals surface area contributed by atoms with Crippen LogP contribution in [0.2, 0.25) is 0 Å². The van der Waals surface area contributed by atoms with Crippen LogP contribution in [0, 0.1) is 0 Å². The second kappa shape index (κ2) is 68.7. The summed E-state index contributed by atoms with van der Waals surface area (Å²) in [5.74, 6) is -0.816. The van der Waals surface area contributed by atoms with E-state index < -0.39 is 26.5 Å². The first-order valence-electron chi connectivity index (χ1n) is 35.9. The second-order valence-corrected chi connectivity index (χ2v) is 26.0. The van der Waals surface area contributed by atoms with Gasteiger partial charge in [0.1, 0.15) is 19.8 Å². The molecule has 0 heterocycles. The molecule has 0 radical (unpaired) electrons. The molecule has 0 saturated heterocycles. The fraction of sp³-hybridized carbons (Fsp3) is 0.625. The molecule has 1 N–H and O–H groups in total. The summed E-state index contributed by atoms with van der Waals surface area (Å²) >= 11 is 0. The summed E-state index contributed by atoms with van der Waals surface area (Å²) in [6.45, 7) is 4.19. The fourth-order valence-electron chi connectivity index (χ4n) is 9.33. The lowest BCUT2D eigenvalue weighted by Gasteiger charge is -2.24. The van der Waals surface area contributed by atoms with Gasteiger partial charge < -0.3 is 18.9 Å². The molecule has 0 aliphatic rings. The lowest BCUT2D eigenvalue weighted by molar-refractivity contribution is -0.870. The molecule has 0 aliphatic carbocycles. The van der Waals surface area contributed by atoms with Crippen molar-refractivity contribution in [1.82, 2.24) is 0 Å². The van der Waals surface area contributed by atoms with Gasteiger partial charge in [-0.05, 0) is 128 Å². The Hall–Kier alpha value is -4.63. The highest BCUT2D eigenvalue weighted by Gasteiger charge is 2.27. The SMILES string of the molecule is CC/C=C\C/C=C\C/C=C\C/C=C\C/C=C\C/C=C\C/C=C\C/C=C\C/C=C\CCCCCCCCCC(=O)OC(COC(=O)CCCCCCCCCCCCCCCCC/C=C\C/C=C\C/C=C\C/C=C\C/C=C\CC)COP(=O)(O)OCC[N+](C)(C)C. The van der Waals surface area contributed by atoms with Crippen LogP contribution in [0.1, 0.15) is 271 Å². The van der Waals surface area contributed by atoms with Crippen LogP contribution in [-0.2, 0) is 32.7 Å². The van der Waals surface area contributed by atoms with Crippen molar-refractivity contribution < 1.29 is 42.1 Å². The van der Waals surface area contributed by atoms with Gasteiger partial charge in [0.25, 0.3) is 0 Å². The number of likely N-dealkylation sites (N-methyl/N-ethyl adjacent to an activating group) is 1. The van der Waals surface area contributed by atoms with E-state index in [-0.39, 0.29) is 32.0 Å². The van der Waals surface area contributed by atoms with E-state index in [0.717, 1.165) is 135 Å². The molecule has 0 aromatic heterocycles. The van der Waals surface area contributed by atoms with Gasteiger partial charge >= 0.3 is 19.8 Å². The number of hydrogen-bond donors (Lipinski definition) is 1. The van der Waals surface area contributed by atoms with Crippen molar-refractivity contribution in [3.8, 4) is 0 Å². The minimum atomic E-state index is -4.41. The molecule has 0 saturated carbocycles. The van der Waals surface area contributed by atoms with Crippen LogP contribution in [-0.4, -0.2) is 74.9 Å². The third-order valence-electron chi connectivity index (χ3n) is 14.7. The van der Waals surface area contributed by atoms with Crippen LogP contribution in [0.4, 0.5) is 0 Å². The first-order chi connectivity index (χ1) is 44.0. The van der Waals surface area contributed by atoms with Crippen LogP contribution in [0.25, 0.3) is 0 Å². The summed E-state index contributed by atoms with van der Waals surface area (Å²) in [5, 5.41) is 0. The monoisotopic (exact) mass is 1270 g/mol. The summed E-state index contributed by atoms with van der Waals surface area (Å²) < 4.78 is 34.7. The molecule has 9 nitrogen and oxygen atoms in total. The molecule has 2 unspecified atom stereocenters. The summed E-state index contributed by atoms with van der Waals surface area (Å²) in [6, 6.07) is 0. The third kappa shape index (κ3) is 72.4. The van der Waals surface area contributed by atoms with E-state index >= 15 is 0 Å². The third-order valence-corrected chi connectivity index (χ3v) is 15.7. The van der Waals surface area contributed by atoms with Gasteiger partial charge in [-0.1, -0.05) is 300 Å². The van der Waals surface area contributed by atoms with E-state index in [0.29, 0.717) is 17.4 Å². The van der Waals surface area contributed by atoms with Crippen LogP contribution < -0.4 is 0 Å². The van der Waals surface area contributed by atoms with Gasteiger partial charge in [-0.25, -0.2) is 4.57 Å². The Morgan fingerprint density at radius 3 is 0.889 bits per heavy atom. The molecule has 510 valence electrons. The van der Waals surface area contributed by atoms with E-state index in [1.165, 1.54) is 103 Å². The van der Waals surface area contributed by atoms with E-state index in [4.69, 9.17) is 18.5 Å².